The molecule has 0 heterocycles. The fourth-order valence-corrected chi connectivity index (χ4v) is 2.67. The van der Waals surface area contributed by atoms with Crippen LogP contribution in [0.25, 0.3) is 0 Å². The van der Waals surface area contributed by atoms with E-state index in [-0.39, 0.29) is 24.9 Å². The van der Waals surface area contributed by atoms with E-state index < -0.39 is 18.2 Å². The molecule has 130 valence electrons. The van der Waals surface area contributed by atoms with E-state index >= 15 is 0 Å². The second-order valence-corrected chi connectivity index (χ2v) is 5.21. The van der Waals surface area contributed by atoms with Crippen LogP contribution in [0.4, 0.5) is 14.0 Å². The van der Waals surface area contributed by atoms with Gasteiger partial charge < -0.3 is 9.47 Å². The lowest BCUT2D eigenvalue weighted by atomic mass is 9.94. The summed E-state index contributed by atoms with van der Waals surface area (Å²) in [6.45, 7) is 3.70. The van der Waals surface area contributed by atoms with E-state index in [0.717, 1.165) is 5.01 Å². The topological polar surface area (TPSA) is 67.9 Å². The summed E-state index contributed by atoms with van der Waals surface area (Å²) in [5.74, 6) is -0.611. The van der Waals surface area contributed by atoms with E-state index in [2.05, 4.69) is 5.43 Å². The predicted molar refractivity (Wildman–Crippen MR) is 85.7 cm³/mol. The third kappa shape index (κ3) is 4.24. The van der Waals surface area contributed by atoms with E-state index in [4.69, 9.17) is 9.47 Å². The Morgan fingerprint density at radius 2 is 2.04 bits per heavy atom. The van der Waals surface area contributed by atoms with Gasteiger partial charge in [0.05, 0.1) is 19.3 Å². The molecule has 0 aliphatic heterocycles. The van der Waals surface area contributed by atoms with E-state index in [0.29, 0.717) is 12.0 Å². The highest BCUT2D eigenvalue weighted by Crippen LogP contribution is 2.32. The Kier molecular flexibility index (Phi) is 6.17. The van der Waals surface area contributed by atoms with Crippen molar-refractivity contribution in [1.82, 2.24) is 10.4 Å². The van der Waals surface area contributed by atoms with Crippen LogP contribution < -0.4 is 5.43 Å². The highest BCUT2D eigenvalue weighted by Gasteiger charge is 2.35. The van der Waals surface area contributed by atoms with Gasteiger partial charge in [0.25, 0.3) is 0 Å². The van der Waals surface area contributed by atoms with Crippen molar-refractivity contribution in [1.29, 1.82) is 0 Å². The minimum atomic E-state index is -0.740. The largest absolute Gasteiger partial charge is 0.449 e. The Morgan fingerprint density at radius 3 is 2.71 bits per heavy atom. The van der Waals surface area contributed by atoms with Crippen LogP contribution in [-0.2, 0) is 9.47 Å². The van der Waals surface area contributed by atoms with E-state index in [9.17, 15) is 14.0 Å². The van der Waals surface area contributed by atoms with Gasteiger partial charge >= 0.3 is 12.2 Å². The Hall–Kier alpha value is -2.57. The minimum Gasteiger partial charge on any atom is -0.449 e. The molecule has 0 saturated carbocycles. The minimum absolute atomic E-state index is 0.171. The van der Waals surface area contributed by atoms with Gasteiger partial charge in [-0.2, -0.15) is 0 Å². The number of halogens is 1. The molecule has 2 rings (SSSR count). The van der Waals surface area contributed by atoms with Crippen LogP contribution in [0.5, 0.6) is 0 Å². The summed E-state index contributed by atoms with van der Waals surface area (Å²) < 4.78 is 23.4. The van der Waals surface area contributed by atoms with Gasteiger partial charge in [-0.25, -0.2) is 24.4 Å². The van der Waals surface area contributed by atoms with Crippen molar-refractivity contribution >= 4 is 12.2 Å². The molecule has 1 unspecified atom stereocenters. The van der Waals surface area contributed by atoms with Gasteiger partial charge in [-0.3, -0.25) is 0 Å². The second-order valence-electron chi connectivity index (χ2n) is 5.21. The fourth-order valence-electron chi connectivity index (χ4n) is 2.67. The quantitative estimate of drug-likeness (QED) is 0.676. The van der Waals surface area contributed by atoms with Crippen molar-refractivity contribution in [3.8, 4) is 0 Å². The van der Waals surface area contributed by atoms with Crippen LogP contribution >= 0.6 is 0 Å². The van der Waals surface area contributed by atoms with E-state index in [1.807, 2.05) is 12.2 Å². The van der Waals surface area contributed by atoms with Crippen LogP contribution in [0.15, 0.2) is 36.4 Å². The zero-order chi connectivity index (χ0) is 17.5. The molecule has 1 aliphatic carbocycles. The zero-order valence-electron chi connectivity index (χ0n) is 13.7. The summed E-state index contributed by atoms with van der Waals surface area (Å²) in [6.07, 6.45) is 2.86. The highest BCUT2D eigenvalue weighted by atomic mass is 19.1. The Bertz CT molecular complexity index is 620. The first-order valence-electron chi connectivity index (χ1n) is 7.88. The first-order valence-corrected chi connectivity index (χ1v) is 7.88. The normalized spacial score (nSPS) is 19.0. The van der Waals surface area contributed by atoms with Gasteiger partial charge in [0, 0.05) is 5.92 Å². The van der Waals surface area contributed by atoms with Gasteiger partial charge in [0.15, 0.2) is 0 Å². The monoisotopic (exact) mass is 336 g/mol. The molecule has 1 aromatic carbocycles. The van der Waals surface area contributed by atoms with Gasteiger partial charge in [-0.05, 0) is 38.0 Å². The third-order valence-corrected chi connectivity index (χ3v) is 3.65. The molecule has 0 saturated heterocycles. The number of rotatable bonds is 4. The number of carbonyl (C=O) groups is 2. The van der Waals surface area contributed by atoms with Crippen LogP contribution in [0, 0.1) is 5.82 Å². The van der Waals surface area contributed by atoms with Crippen molar-refractivity contribution < 1.29 is 23.5 Å². The Balaban J connectivity index is 2.23. The fraction of sp³-hybridized carbons (Fsp3) is 0.412. The van der Waals surface area contributed by atoms with Crippen LogP contribution in [0.1, 0.15) is 31.7 Å². The van der Waals surface area contributed by atoms with Crippen molar-refractivity contribution in [3.05, 3.63) is 47.8 Å². The van der Waals surface area contributed by atoms with Crippen molar-refractivity contribution in [2.45, 2.75) is 32.2 Å². The molecule has 0 fully saturated rings. The molecule has 1 N–H and O–H groups in total. The van der Waals surface area contributed by atoms with E-state index in [1.54, 1.807) is 26.0 Å². The zero-order valence-corrected chi connectivity index (χ0v) is 13.7. The first-order chi connectivity index (χ1) is 11.6. The average molecular weight is 336 g/mol. The summed E-state index contributed by atoms with van der Waals surface area (Å²) in [7, 11) is 0. The van der Waals surface area contributed by atoms with Crippen LogP contribution in [-0.4, -0.2) is 36.5 Å². The molecule has 2 amide bonds. The smallest absolute Gasteiger partial charge is 0.429 e. The molecule has 1 aromatic rings. The summed E-state index contributed by atoms with van der Waals surface area (Å²) in [4.78, 5) is 24.0. The molecule has 1 aliphatic rings. The number of ether oxygens (including phenoxy) is 2. The van der Waals surface area contributed by atoms with Gasteiger partial charge in [0.2, 0.25) is 0 Å². The summed E-state index contributed by atoms with van der Waals surface area (Å²) >= 11 is 0. The number of hydrogen-bond donors (Lipinski definition) is 1. The maximum absolute atomic E-state index is 13.5. The number of nitrogens with zero attached hydrogens (tertiary/aromatic N) is 1. The molecule has 7 heteroatoms. The summed E-state index contributed by atoms with van der Waals surface area (Å²) in [5, 5.41) is 1.12. The molecule has 6 nitrogen and oxygen atoms in total. The number of nitrogens with one attached hydrogen (secondary N) is 1. The second kappa shape index (κ2) is 8.33. The lowest BCUT2D eigenvalue weighted by Gasteiger charge is -2.31. The number of benzene rings is 1. The van der Waals surface area contributed by atoms with Crippen molar-refractivity contribution in [2.75, 3.05) is 13.2 Å². The van der Waals surface area contributed by atoms with Gasteiger partial charge in [0.1, 0.15) is 5.82 Å². The molecular formula is C17H21FN2O4. The van der Waals surface area contributed by atoms with Crippen LogP contribution in [0.2, 0.25) is 0 Å². The molecule has 0 spiro atoms. The maximum Gasteiger partial charge on any atom is 0.429 e. The molecule has 0 radical (unpaired) electrons. The highest BCUT2D eigenvalue weighted by molar-refractivity contribution is 5.74. The van der Waals surface area contributed by atoms with Gasteiger partial charge in [-0.1, -0.05) is 24.3 Å². The summed E-state index contributed by atoms with van der Waals surface area (Å²) in [5.41, 5.74) is 3.14. The molecule has 0 aromatic heterocycles. The first kappa shape index (κ1) is 17.8. The lowest BCUT2D eigenvalue weighted by molar-refractivity contribution is 0.0541. The Labute approximate surface area is 140 Å². The molecule has 24 heavy (non-hydrogen) atoms. The SMILES string of the molecule is CCOC(=O)NN(C(=O)OCC)[C@H]1CC=CC1c1cccc(F)c1. The third-order valence-electron chi connectivity index (χ3n) is 3.65. The maximum atomic E-state index is 13.5. The average Bonchev–Trinajstić information content (AvgIpc) is 3.02. The Morgan fingerprint density at radius 1 is 1.29 bits per heavy atom. The number of hydrogen-bond acceptors (Lipinski definition) is 4. The van der Waals surface area contributed by atoms with Crippen molar-refractivity contribution in [2.24, 2.45) is 0 Å². The van der Waals surface area contributed by atoms with Gasteiger partial charge in [-0.15, -0.1) is 0 Å². The van der Waals surface area contributed by atoms with Crippen LogP contribution in [0.3, 0.4) is 0 Å². The predicted octanol–water partition coefficient (Wildman–Crippen LogP) is 3.36. The van der Waals surface area contributed by atoms with E-state index in [1.165, 1.54) is 12.1 Å². The van der Waals surface area contributed by atoms with Crippen molar-refractivity contribution in [3.63, 3.8) is 0 Å². The lowest BCUT2D eigenvalue weighted by Crippen LogP contribution is -2.53. The molecule has 2 atom stereocenters. The summed E-state index contributed by atoms with van der Waals surface area (Å²) in [6, 6.07) is 5.75. The number of amides is 2. The standard InChI is InChI=1S/C17H21FN2O4/c1-3-23-16(21)19-20(17(22)24-4-2)15-10-6-9-14(15)12-7-5-8-13(18)11-12/h5-9,11,14-15H,3-4,10H2,1-2H3,(H,19,21)/t14?,15-/m0/s1. The number of hydrazine groups is 1. The number of carbonyl (C=O) groups excluding carboxylic acids is 2. The molecular weight excluding hydrogens is 315 g/mol. The molecule has 0 bridgehead atoms.